The zero-order valence-corrected chi connectivity index (χ0v) is 13.6. The number of nitrogens with one attached hydrogen (secondary N) is 1. The van der Waals surface area contributed by atoms with Crippen LogP contribution >= 0.6 is 12.2 Å². The van der Waals surface area contributed by atoms with E-state index in [2.05, 4.69) is 18.3 Å². The minimum atomic E-state index is 0.456. The first kappa shape index (κ1) is 14.8. The SMILES string of the molecule is CC1CCC(CNc2nc3c(cc2C(N)=S)CCC3)CC1. The summed E-state index contributed by atoms with van der Waals surface area (Å²) in [5.74, 6) is 2.56. The average molecular weight is 303 g/mol. The van der Waals surface area contributed by atoms with E-state index in [1.807, 2.05) is 0 Å². The second-order valence-corrected chi connectivity index (χ2v) is 7.15. The Morgan fingerprint density at radius 1 is 1.33 bits per heavy atom. The Labute approximate surface area is 132 Å². The summed E-state index contributed by atoms with van der Waals surface area (Å²) in [4.78, 5) is 5.25. The van der Waals surface area contributed by atoms with E-state index in [1.165, 1.54) is 43.4 Å². The van der Waals surface area contributed by atoms with E-state index in [0.717, 1.165) is 42.6 Å². The molecule has 1 aromatic rings. The van der Waals surface area contributed by atoms with E-state index < -0.39 is 0 Å². The Kier molecular flexibility index (Phi) is 4.43. The highest BCUT2D eigenvalue weighted by Gasteiger charge is 2.20. The van der Waals surface area contributed by atoms with Crippen LogP contribution in [0.5, 0.6) is 0 Å². The quantitative estimate of drug-likeness (QED) is 0.837. The van der Waals surface area contributed by atoms with Crippen LogP contribution < -0.4 is 11.1 Å². The molecule has 1 heterocycles. The summed E-state index contributed by atoms with van der Waals surface area (Å²) < 4.78 is 0. The van der Waals surface area contributed by atoms with Gasteiger partial charge in [0, 0.05) is 12.2 Å². The molecule has 0 aromatic carbocycles. The van der Waals surface area contributed by atoms with Crippen LogP contribution in [0.2, 0.25) is 0 Å². The van der Waals surface area contributed by atoms with Crippen LogP contribution in [0.15, 0.2) is 6.07 Å². The molecular weight excluding hydrogens is 278 g/mol. The van der Waals surface area contributed by atoms with Gasteiger partial charge in [0.2, 0.25) is 0 Å². The van der Waals surface area contributed by atoms with E-state index in [9.17, 15) is 0 Å². The summed E-state index contributed by atoms with van der Waals surface area (Å²) in [7, 11) is 0. The molecule has 4 heteroatoms. The highest BCUT2D eigenvalue weighted by atomic mass is 32.1. The van der Waals surface area contributed by atoms with E-state index in [0.29, 0.717) is 4.99 Å². The Morgan fingerprint density at radius 3 is 2.81 bits per heavy atom. The van der Waals surface area contributed by atoms with Crippen molar-refractivity contribution in [2.45, 2.75) is 51.9 Å². The molecule has 1 fully saturated rings. The molecular formula is C17H25N3S. The van der Waals surface area contributed by atoms with E-state index in [-0.39, 0.29) is 0 Å². The number of thiocarbonyl (C=S) groups is 1. The molecule has 1 aromatic heterocycles. The summed E-state index contributed by atoms with van der Waals surface area (Å²) >= 11 is 5.20. The molecule has 0 atom stereocenters. The largest absolute Gasteiger partial charge is 0.389 e. The lowest BCUT2D eigenvalue weighted by Crippen LogP contribution is -2.22. The minimum Gasteiger partial charge on any atom is -0.389 e. The number of aryl methyl sites for hydroxylation is 2. The summed E-state index contributed by atoms with van der Waals surface area (Å²) in [5, 5.41) is 3.53. The maximum atomic E-state index is 5.89. The monoisotopic (exact) mass is 303 g/mol. The lowest BCUT2D eigenvalue weighted by molar-refractivity contribution is 0.300. The Hall–Kier alpha value is -1.16. The van der Waals surface area contributed by atoms with Crippen molar-refractivity contribution < 1.29 is 0 Å². The number of nitrogens with zero attached hydrogens (tertiary/aromatic N) is 1. The first-order chi connectivity index (χ1) is 10.1. The lowest BCUT2D eigenvalue weighted by atomic mass is 9.83. The molecule has 0 unspecified atom stereocenters. The molecule has 0 amide bonds. The van der Waals surface area contributed by atoms with Crippen LogP contribution in [-0.2, 0) is 12.8 Å². The fourth-order valence-electron chi connectivity index (χ4n) is 3.57. The van der Waals surface area contributed by atoms with Crippen LogP contribution in [0.25, 0.3) is 0 Å². The predicted octanol–water partition coefficient (Wildman–Crippen LogP) is 3.44. The van der Waals surface area contributed by atoms with E-state index in [1.54, 1.807) is 0 Å². The highest BCUT2D eigenvalue weighted by molar-refractivity contribution is 7.80. The number of hydrogen-bond acceptors (Lipinski definition) is 3. The predicted molar refractivity (Wildman–Crippen MR) is 91.8 cm³/mol. The summed E-state index contributed by atoms with van der Waals surface area (Å²) in [5.41, 5.74) is 9.37. The average Bonchev–Trinajstić information content (AvgIpc) is 2.92. The van der Waals surface area contributed by atoms with Gasteiger partial charge in [-0.3, -0.25) is 0 Å². The zero-order valence-electron chi connectivity index (χ0n) is 12.8. The summed E-state index contributed by atoms with van der Waals surface area (Å²) in [6.07, 6.45) is 8.74. The topological polar surface area (TPSA) is 50.9 Å². The van der Waals surface area contributed by atoms with E-state index in [4.69, 9.17) is 22.9 Å². The fourth-order valence-corrected chi connectivity index (χ4v) is 3.72. The number of fused-ring (bicyclic) bond motifs is 1. The van der Waals surface area contributed by atoms with Crippen molar-refractivity contribution in [3.63, 3.8) is 0 Å². The number of rotatable bonds is 4. The van der Waals surface area contributed by atoms with Crippen molar-refractivity contribution in [3.05, 3.63) is 22.9 Å². The molecule has 2 aliphatic rings. The van der Waals surface area contributed by atoms with Crippen LogP contribution in [-0.4, -0.2) is 16.5 Å². The first-order valence-electron chi connectivity index (χ1n) is 8.20. The third kappa shape index (κ3) is 3.37. The number of anilines is 1. The standard InChI is InChI=1S/C17H25N3S/c1-11-5-7-12(8-6-11)10-19-17-14(16(18)21)9-13-3-2-4-15(13)20-17/h9,11-12H,2-8,10H2,1H3,(H2,18,21)(H,19,20). The van der Waals surface area contributed by atoms with Gasteiger partial charge in [0.25, 0.3) is 0 Å². The zero-order chi connectivity index (χ0) is 14.8. The Balaban J connectivity index is 1.71. The minimum absolute atomic E-state index is 0.456. The second kappa shape index (κ2) is 6.30. The molecule has 3 rings (SSSR count). The first-order valence-corrected chi connectivity index (χ1v) is 8.60. The normalized spacial score (nSPS) is 24.6. The maximum Gasteiger partial charge on any atom is 0.136 e. The molecule has 0 spiro atoms. The van der Waals surface area contributed by atoms with Gasteiger partial charge in [0.1, 0.15) is 10.8 Å². The Morgan fingerprint density at radius 2 is 2.10 bits per heavy atom. The molecule has 0 radical (unpaired) electrons. The van der Waals surface area contributed by atoms with Crippen molar-refractivity contribution in [2.75, 3.05) is 11.9 Å². The van der Waals surface area contributed by atoms with Crippen molar-refractivity contribution in [1.29, 1.82) is 0 Å². The third-order valence-corrected chi connectivity index (χ3v) is 5.23. The fraction of sp³-hybridized carbons (Fsp3) is 0.647. The molecule has 0 bridgehead atoms. The number of pyridine rings is 1. The van der Waals surface area contributed by atoms with Crippen LogP contribution in [0.4, 0.5) is 5.82 Å². The van der Waals surface area contributed by atoms with Gasteiger partial charge < -0.3 is 11.1 Å². The molecule has 3 nitrogen and oxygen atoms in total. The molecule has 1 saturated carbocycles. The molecule has 21 heavy (non-hydrogen) atoms. The van der Waals surface area contributed by atoms with Crippen molar-refractivity contribution in [3.8, 4) is 0 Å². The Bertz CT molecular complexity index is 533. The number of aromatic nitrogens is 1. The van der Waals surface area contributed by atoms with Gasteiger partial charge >= 0.3 is 0 Å². The third-order valence-electron chi connectivity index (χ3n) is 5.01. The molecule has 0 saturated heterocycles. The van der Waals surface area contributed by atoms with Gasteiger partial charge in [-0.2, -0.15) is 0 Å². The summed E-state index contributed by atoms with van der Waals surface area (Å²) in [6.45, 7) is 3.35. The molecule has 0 aliphatic heterocycles. The van der Waals surface area contributed by atoms with Crippen molar-refractivity contribution in [1.82, 2.24) is 4.98 Å². The molecule has 3 N–H and O–H groups in total. The number of nitrogens with two attached hydrogens (primary N) is 1. The van der Waals surface area contributed by atoms with Gasteiger partial charge in [-0.15, -0.1) is 0 Å². The maximum absolute atomic E-state index is 5.89. The van der Waals surface area contributed by atoms with Crippen LogP contribution in [0, 0.1) is 11.8 Å². The highest BCUT2D eigenvalue weighted by Crippen LogP contribution is 2.29. The van der Waals surface area contributed by atoms with Gasteiger partial charge in [0.05, 0.1) is 5.56 Å². The van der Waals surface area contributed by atoms with E-state index >= 15 is 0 Å². The van der Waals surface area contributed by atoms with Crippen LogP contribution in [0.1, 0.15) is 55.8 Å². The number of hydrogen-bond donors (Lipinski definition) is 2. The summed E-state index contributed by atoms with van der Waals surface area (Å²) in [6, 6.07) is 2.16. The van der Waals surface area contributed by atoms with Gasteiger partial charge in [-0.1, -0.05) is 32.0 Å². The van der Waals surface area contributed by atoms with Gasteiger partial charge in [-0.25, -0.2) is 4.98 Å². The second-order valence-electron chi connectivity index (χ2n) is 6.71. The van der Waals surface area contributed by atoms with Gasteiger partial charge in [0.15, 0.2) is 0 Å². The van der Waals surface area contributed by atoms with Gasteiger partial charge in [-0.05, 0) is 55.6 Å². The molecule has 2 aliphatic carbocycles. The smallest absolute Gasteiger partial charge is 0.136 e. The van der Waals surface area contributed by atoms with Crippen LogP contribution in [0.3, 0.4) is 0 Å². The van der Waals surface area contributed by atoms with Crippen molar-refractivity contribution in [2.24, 2.45) is 17.6 Å². The van der Waals surface area contributed by atoms with Crippen molar-refractivity contribution >= 4 is 23.0 Å². The molecule has 114 valence electrons. The lowest BCUT2D eigenvalue weighted by Gasteiger charge is -2.26.